The molecule has 10 heavy (non-hydrogen) atoms. The minimum Gasteiger partial charge on any atom is -0.0625 e. The molecule has 1 aliphatic carbocycles. The maximum Gasteiger partial charge on any atom is -0.0264 e. The molecule has 0 aromatic carbocycles. The predicted octanol–water partition coefficient (Wildman–Crippen LogP) is 3.32. The molecule has 0 N–H and O–H groups in total. The highest BCUT2D eigenvalue weighted by molar-refractivity contribution is 5.12. The summed E-state index contributed by atoms with van der Waals surface area (Å²) in [6, 6.07) is 0. The molecule has 60 valence electrons. The van der Waals surface area contributed by atoms with Crippen molar-refractivity contribution < 1.29 is 0 Å². The van der Waals surface area contributed by atoms with Crippen molar-refractivity contribution in [3.63, 3.8) is 0 Å². The van der Waals surface area contributed by atoms with Crippen molar-refractivity contribution >= 4 is 0 Å². The van der Waals surface area contributed by atoms with Crippen molar-refractivity contribution in [2.75, 3.05) is 0 Å². The molecule has 0 aliphatic heterocycles. The van der Waals surface area contributed by atoms with Gasteiger partial charge in [0.1, 0.15) is 0 Å². The molecule has 0 heterocycles. The maximum absolute atomic E-state index is 2.39. The van der Waals surface area contributed by atoms with Crippen molar-refractivity contribution in [2.24, 2.45) is 22.7 Å². The standard InChI is InChI=1S/C10H20/c1-7(2)8-9(3,4)10(8,5)6/h7-8H,1-6H3. The highest BCUT2D eigenvalue weighted by atomic mass is 14.7. The molecule has 0 saturated heterocycles. The fourth-order valence-corrected chi connectivity index (χ4v) is 2.91. The topological polar surface area (TPSA) is 0 Å². The minimum absolute atomic E-state index is 0.584. The van der Waals surface area contributed by atoms with Gasteiger partial charge in [-0.3, -0.25) is 0 Å². The lowest BCUT2D eigenvalue weighted by atomic mass is 10.0. The fourth-order valence-electron chi connectivity index (χ4n) is 2.91. The van der Waals surface area contributed by atoms with E-state index in [2.05, 4.69) is 41.5 Å². The van der Waals surface area contributed by atoms with Gasteiger partial charge in [0.25, 0.3) is 0 Å². The highest BCUT2D eigenvalue weighted by Crippen LogP contribution is 2.70. The molecule has 0 atom stereocenters. The van der Waals surface area contributed by atoms with Crippen LogP contribution in [0.25, 0.3) is 0 Å². The molecular formula is C10H20. The first-order valence-corrected chi connectivity index (χ1v) is 4.32. The Balaban J connectivity index is 2.72. The van der Waals surface area contributed by atoms with E-state index in [0.717, 1.165) is 11.8 Å². The Morgan fingerprint density at radius 3 is 1.20 bits per heavy atom. The minimum atomic E-state index is 0.584. The van der Waals surface area contributed by atoms with Crippen LogP contribution in [-0.2, 0) is 0 Å². The molecule has 0 aromatic heterocycles. The van der Waals surface area contributed by atoms with Gasteiger partial charge in [0, 0.05) is 0 Å². The lowest BCUT2D eigenvalue weighted by Crippen LogP contribution is -1.97. The molecule has 1 saturated carbocycles. The van der Waals surface area contributed by atoms with Crippen molar-refractivity contribution in [2.45, 2.75) is 41.5 Å². The van der Waals surface area contributed by atoms with Gasteiger partial charge in [0.05, 0.1) is 0 Å². The van der Waals surface area contributed by atoms with E-state index in [1.54, 1.807) is 0 Å². The molecule has 0 radical (unpaired) electrons. The number of rotatable bonds is 1. The largest absolute Gasteiger partial charge is 0.0625 e. The van der Waals surface area contributed by atoms with Gasteiger partial charge >= 0.3 is 0 Å². The zero-order valence-electron chi connectivity index (χ0n) is 8.15. The van der Waals surface area contributed by atoms with Crippen LogP contribution in [0.1, 0.15) is 41.5 Å². The third kappa shape index (κ3) is 0.741. The Hall–Kier alpha value is 0. The quantitative estimate of drug-likeness (QED) is 0.524. The summed E-state index contributed by atoms with van der Waals surface area (Å²) in [5.74, 6) is 1.78. The van der Waals surface area contributed by atoms with E-state index >= 15 is 0 Å². The second kappa shape index (κ2) is 1.78. The van der Waals surface area contributed by atoms with Gasteiger partial charge < -0.3 is 0 Å². The lowest BCUT2D eigenvalue weighted by molar-refractivity contribution is 0.450. The van der Waals surface area contributed by atoms with Crippen molar-refractivity contribution in [3.05, 3.63) is 0 Å². The zero-order chi connectivity index (χ0) is 8.15. The Bertz CT molecular complexity index is 126. The summed E-state index contributed by atoms with van der Waals surface area (Å²) in [6.07, 6.45) is 0. The summed E-state index contributed by atoms with van der Waals surface area (Å²) in [7, 11) is 0. The molecule has 1 fully saturated rings. The average Bonchev–Trinajstić information content (AvgIpc) is 1.97. The zero-order valence-corrected chi connectivity index (χ0v) is 8.15. The van der Waals surface area contributed by atoms with E-state index in [4.69, 9.17) is 0 Å². The Kier molecular flexibility index (Phi) is 1.44. The first-order valence-electron chi connectivity index (χ1n) is 4.32. The van der Waals surface area contributed by atoms with Gasteiger partial charge in [-0.15, -0.1) is 0 Å². The average molecular weight is 140 g/mol. The third-order valence-corrected chi connectivity index (χ3v) is 3.80. The SMILES string of the molecule is CC(C)C1C(C)(C)C1(C)C. The van der Waals surface area contributed by atoms with E-state index < -0.39 is 0 Å². The van der Waals surface area contributed by atoms with Crippen LogP contribution in [-0.4, -0.2) is 0 Å². The molecular weight excluding hydrogens is 120 g/mol. The van der Waals surface area contributed by atoms with Crippen LogP contribution in [0.4, 0.5) is 0 Å². The Morgan fingerprint density at radius 1 is 0.900 bits per heavy atom. The summed E-state index contributed by atoms with van der Waals surface area (Å²) in [5.41, 5.74) is 1.17. The van der Waals surface area contributed by atoms with E-state index in [1.807, 2.05) is 0 Å². The molecule has 1 aliphatic rings. The van der Waals surface area contributed by atoms with Gasteiger partial charge in [-0.25, -0.2) is 0 Å². The van der Waals surface area contributed by atoms with Crippen LogP contribution < -0.4 is 0 Å². The summed E-state index contributed by atoms with van der Waals surface area (Å²) in [6.45, 7) is 14.2. The monoisotopic (exact) mass is 140 g/mol. The Labute approximate surface area is 65.0 Å². The van der Waals surface area contributed by atoms with Crippen LogP contribution in [0.5, 0.6) is 0 Å². The van der Waals surface area contributed by atoms with Crippen LogP contribution in [0.2, 0.25) is 0 Å². The second-order valence-corrected chi connectivity index (χ2v) is 5.17. The third-order valence-electron chi connectivity index (χ3n) is 3.80. The van der Waals surface area contributed by atoms with Crippen molar-refractivity contribution in [1.29, 1.82) is 0 Å². The van der Waals surface area contributed by atoms with Gasteiger partial charge in [0.15, 0.2) is 0 Å². The lowest BCUT2D eigenvalue weighted by Gasteiger charge is -2.04. The Morgan fingerprint density at radius 2 is 1.20 bits per heavy atom. The molecule has 0 nitrogen and oxygen atoms in total. The number of hydrogen-bond donors (Lipinski definition) is 0. The van der Waals surface area contributed by atoms with Crippen LogP contribution in [0.15, 0.2) is 0 Å². The summed E-state index contributed by atoms with van der Waals surface area (Å²) in [5, 5.41) is 0. The molecule has 0 aromatic rings. The van der Waals surface area contributed by atoms with Gasteiger partial charge in [-0.2, -0.15) is 0 Å². The molecule has 1 rings (SSSR count). The molecule has 0 bridgehead atoms. The molecule has 0 unspecified atom stereocenters. The van der Waals surface area contributed by atoms with Crippen molar-refractivity contribution in [3.8, 4) is 0 Å². The van der Waals surface area contributed by atoms with Gasteiger partial charge in [0.2, 0.25) is 0 Å². The maximum atomic E-state index is 2.39. The normalized spacial score (nSPS) is 29.1. The fraction of sp³-hybridized carbons (Fsp3) is 1.00. The van der Waals surface area contributed by atoms with Crippen LogP contribution in [0.3, 0.4) is 0 Å². The second-order valence-electron chi connectivity index (χ2n) is 5.17. The van der Waals surface area contributed by atoms with Crippen LogP contribution in [0, 0.1) is 22.7 Å². The smallest absolute Gasteiger partial charge is 0.0264 e. The van der Waals surface area contributed by atoms with E-state index in [9.17, 15) is 0 Å². The first kappa shape index (κ1) is 8.10. The van der Waals surface area contributed by atoms with Gasteiger partial charge in [-0.05, 0) is 22.7 Å². The highest BCUT2D eigenvalue weighted by Gasteiger charge is 2.65. The van der Waals surface area contributed by atoms with E-state index in [-0.39, 0.29) is 0 Å². The van der Waals surface area contributed by atoms with E-state index in [0.29, 0.717) is 10.8 Å². The van der Waals surface area contributed by atoms with E-state index in [1.165, 1.54) is 0 Å². The predicted molar refractivity (Wildman–Crippen MR) is 45.9 cm³/mol. The summed E-state index contributed by atoms with van der Waals surface area (Å²) < 4.78 is 0. The summed E-state index contributed by atoms with van der Waals surface area (Å²) in [4.78, 5) is 0. The molecule has 0 heteroatoms. The summed E-state index contributed by atoms with van der Waals surface area (Å²) >= 11 is 0. The van der Waals surface area contributed by atoms with Gasteiger partial charge in [-0.1, -0.05) is 41.5 Å². The molecule has 0 amide bonds. The number of hydrogen-bond acceptors (Lipinski definition) is 0. The van der Waals surface area contributed by atoms with Crippen LogP contribution >= 0.6 is 0 Å². The molecule has 0 spiro atoms. The first-order chi connectivity index (χ1) is 4.32. The van der Waals surface area contributed by atoms with Crippen molar-refractivity contribution in [1.82, 2.24) is 0 Å².